The molecule has 108 valence electrons. The molecule has 0 bridgehead atoms. The molecule has 0 saturated heterocycles. The van der Waals surface area contributed by atoms with Crippen LogP contribution in [0.2, 0.25) is 0 Å². The highest BCUT2D eigenvalue weighted by atomic mass is 16.4. The number of hydrogen-bond acceptors (Lipinski definition) is 2. The van der Waals surface area contributed by atoms with E-state index < -0.39 is 5.97 Å². The third-order valence-electron chi connectivity index (χ3n) is 2.99. The maximum Gasteiger partial charge on any atom is 0.328 e. The van der Waals surface area contributed by atoms with Crippen molar-refractivity contribution in [3.05, 3.63) is 41.5 Å². The Kier molecular flexibility index (Phi) is 6.50. The van der Waals surface area contributed by atoms with Crippen LogP contribution in [0.1, 0.15) is 50.3 Å². The Balaban J connectivity index is 2.59. The van der Waals surface area contributed by atoms with Crippen LogP contribution in [0.5, 0.6) is 0 Å². The Bertz CT molecular complexity index is 477. The van der Waals surface area contributed by atoms with Crippen LogP contribution in [0.3, 0.4) is 0 Å². The summed E-state index contributed by atoms with van der Waals surface area (Å²) in [5, 5.41) is 11.5. The van der Waals surface area contributed by atoms with E-state index in [0.29, 0.717) is 6.42 Å². The quantitative estimate of drug-likeness (QED) is 0.751. The lowest BCUT2D eigenvalue weighted by atomic mass is 10.1. The monoisotopic (exact) mass is 275 g/mol. The molecule has 0 fully saturated rings. The zero-order valence-corrected chi connectivity index (χ0v) is 11.9. The van der Waals surface area contributed by atoms with Crippen LogP contribution in [0.15, 0.2) is 30.3 Å². The van der Waals surface area contributed by atoms with Gasteiger partial charge in [-0.25, -0.2) is 4.79 Å². The summed E-state index contributed by atoms with van der Waals surface area (Å²) in [5.74, 6) is -0.903. The van der Waals surface area contributed by atoms with Crippen LogP contribution < -0.4 is 5.32 Å². The van der Waals surface area contributed by atoms with Crippen molar-refractivity contribution in [2.75, 3.05) is 0 Å². The van der Waals surface area contributed by atoms with E-state index in [0.717, 1.165) is 30.0 Å². The Morgan fingerprint density at radius 3 is 2.50 bits per heavy atom. The van der Waals surface area contributed by atoms with E-state index in [1.165, 1.54) is 6.08 Å². The lowest BCUT2D eigenvalue weighted by Crippen LogP contribution is -2.26. The first-order valence-electron chi connectivity index (χ1n) is 6.83. The smallest absolute Gasteiger partial charge is 0.328 e. The van der Waals surface area contributed by atoms with Gasteiger partial charge in [-0.2, -0.15) is 0 Å². The molecule has 0 aromatic heterocycles. The second-order valence-corrected chi connectivity index (χ2v) is 4.73. The van der Waals surface area contributed by atoms with E-state index in [2.05, 4.69) is 12.2 Å². The molecule has 1 rings (SSSR count). The Morgan fingerprint density at radius 2 is 1.95 bits per heavy atom. The summed E-state index contributed by atoms with van der Waals surface area (Å²) in [4.78, 5) is 22.1. The predicted octanol–water partition coefficient (Wildman–Crippen LogP) is 3.15. The zero-order valence-electron chi connectivity index (χ0n) is 11.9. The number of carbonyl (C=O) groups is 2. The molecule has 0 aliphatic heterocycles. The van der Waals surface area contributed by atoms with Crippen LogP contribution in [0, 0.1) is 0 Å². The zero-order chi connectivity index (χ0) is 15.0. The topological polar surface area (TPSA) is 66.4 Å². The van der Waals surface area contributed by atoms with Gasteiger partial charge in [-0.3, -0.25) is 4.79 Å². The van der Waals surface area contributed by atoms with Crippen molar-refractivity contribution in [2.24, 2.45) is 0 Å². The third-order valence-corrected chi connectivity index (χ3v) is 2.99. The molecule has 4 nitrogen and oxygen atoms in total. The highest BCUT2D eigenvalue weighted by Gasteiger charge is 2.08. The number of rotatable bonds is 7. The molecule has 1 amide bonds. The maximum absolute atomic E-state index is 11.6. The number of nitrogens with one attached hydrogen (secondary N) is 1. The van der Waals surface area contributed by atoms with E-state index in [1.807, 2.05) is 31.2 Å². The standard InChI is InChI=1S/C16H21NO3/c1-3-4-5-15(18)17-12(2)14-9-6-13(7-10-14)8-11-16(19)20/h6-12H,3-5H2,1-2H3,(H,17,18)(H,19,20). The molecule has 20 heavy (non-hydrogen) atoms. The van der Waals surface area contributed by atoms with E-state index in [1.54, 1.807) is 0 Å². The molecule has 0 aliphatic carbocycles. The molecular weight excluding hydrogens is 254 g/mol. The minimum Gasteiger partial charge on any atom is -0.478 e. The van der Waals surface area contributed by atoms with Crippen LogP contribution in [0.25, 0.3) is 6.08 Å². The van der Waals surface area contributed by atoms with Crippen molar-refractivity contribution < 1.29 is 14.7 Å². The average Bonchev–Trinajstić information content (AvgIpc) is 2.43. The summed E-state index contributed by atoms with van der Waals surface area (Å²) in [6, 6.07) is 7.42. The first-order valence-corrected chi connectivity index (χ1v) is 6.83. The Hall–Kier alpha value is -2.10. The molecule has 0 heterocycles. The molecule has 0 spiro atoms. The van der Waals surface area contributed by atoms with Gasteiger partial charge in [-0.05, 0) is 30.5 Å². The predicted molar refractivity (Wildman–Crippen MR) is 79.2 cm³/mol. The maximum atomic E-state index is 11.6. The highest BCUT2D eigenvalue weighted by molar-refractivity contribution is 5.85. The van der Waals surface area contributed by atoms with E-state index >= 15 is 0 Å². The summed E-state index contributed by atoms with van der Waals surface area (Å²) in [6.45, 7) is 3.99. The number of benzene rings is 1. The van der Waals surface area contributed by atoms with Crippen molar-refractivity contribution in [1.82, 2.24) is 5.32 Å². The minimum absolute atomic E-state index is 0.0446. The number of hydrogen-bond donors (Lipinski definition) is 2. The first-order chi connectivity index (χ1) is 9.52. The van der Waals surface area contributed by atoms with Crippen molar-refractivity contribution in [3.63, 3.8) is 0 Å². The molecule has 1 aromatic rings. The molecule has 0 saturated carbocycles. The number of carboxylic acids is 1. The summed E-state index contributed by atoms with van der Waals surface area (Å²) in [6.07, 6.45) is 5.10. The third kappa shape index (κ3) is 5.69. The van der Waals surface area contributed by atoms with Crippen LogP contribution in [-0.2, 0) is 9.59 Å². The van der Waals surface area contributed by atoms with E-state index in [4.69, 9.17) is 5.11 Å². The lowest BCUT2D eigenvalue weighted by molar-refractivity contribution is -0.131. The number of carbonyl (C=O) groups excluding carboxylic acids is 1. The Morgan fingerprint density at radius 1 is 1.30 bits per heavy atom. The van der Waals surface area contributed by atoms with Gasteiger partial charge in [0.15, 0.2) is 0 Å². The van der Waals surface area contributed by atoms with Gasteiger partial charge in [-0.15, -0.1) is 0 Å². The fourth-order valence-electron chi connectivity index (χ4n) is 1.80. The summed E-state index contributed by atoms with van der Waals surface area (Å²) in [5.41, 5.74) is 1.82. The molecular formula is C16H21NO3. The largest absolute Gasteiger partial charge is 0.478 e. The van der Waals surface area contributed by atoms with Crippen molar-refractivity contribution in [1.29, 1.82) is 0 Å². The molecule has 0 radical (unpaired) electrons. The number of aliphatic carboxylic acids is 1. The average molecular weight is 275 g/mol. The van der Waals surface area contributed by atoms with Crippen LogP contribution in [0.4, 0.5) is 0 Å². The molecule has 4 heteroatoms. The fraction of sp³-hybridized carbons (Fsp3) is 0.375. The van der Waals surface area contributed by atoms with Gasteiger partial charge in [0.05, 0.1) is 6.04 Å². The molecule has 1 aromatic carbocycles. The number of unbranched alkanes of at least 4 members (excludes halogenated alkanes) is 1. The second-order valence-electron chi connectivity index (χ2n) is 4.73. The van der Waals surface area contributed by atoms with Gasteiger partial charge < -0.3 is 10.4 Å². The molecule has 1 atom stereocenters. The SMILES string of the molecule is CCCCC(=O)NC(C)c1ccc(C=CC(=O)O)cc1. The summed E-state index contributed by atoms with van der Waals surface area (Å²) >= 11 is 0. The van der Waals surface area contributed by atoms with E-state index in [9.17, 15) is 9.59 Å². The number of amides is 1. The van der Waals surface area contributed by atoms with Crippen LogP contribution in [-0.4, -0.2) is 17.0 Å². The fourth-order valence-corrected chi connectivity index (χ4v) is 1.80. The molecule has 0 aliphatic rings. The summed E-state index contributed by atoms with van der Waals surface area (Å²) < 4.78 is 0. The van der Waals surface area contributed by atoms with Crippen molar-refractivity contribution >= 4 is 18.0 Å². The van der Waals surface area contributed by atoms with Gasteiger partial charge in [-0.1, -0.05) is 37.6 Å². The van der Waals surface area contributed by atoms with Gasteiger partial charge in [0, 0.05) is 12.5 Å². The van der Waals surface area contributed by atoms with Crippen molar-refractivity contribution in [2.45, 2.75) is 39.2 Å². The normalized spacial score (nSPS) is 12.3. The van der Waals surface area contributed by atoms with Gasteiger partial charge in [0.2, 0.25) is 5.91 Å². The first kappa shape index (κ1) is 16.0. The Labute approximate surface area is 119 Å². The lowest BCUT2D eigenvalue weighted by Gasteiger charge is -2.14. The van der Waals surface area contributed by atoms with E-state index in [-0.39, 0.29) is 11.9 Å². The van der Waals surface area contributed by atoms with Gasteiger partial charge >= 0.3 is 5.97 Å². The van der Waals surface area contributed by atoms with Gasteiger partial charge in [0.1, 0.15) is 0 Å². The van der Waals surface area contributed by atoms with Crippen LogP contribution >= 0.6 is 0 Å². The van der Waals surface area contributed by atoms with Crippen molar-refractivity contribution in [3.8, 4) is 0 Å². The molecule has 2 N–H and O–H groups in total. The second kappa shape index (κ2) is 8.15. The van der Waals surface area contributed by atoms with Gasteiger partial charge in [0.25, 0.3) is 0 Å². The number of carboxylic acid groups (broad SMARTS) is 1. The summed E-state index contributed by atoms with van der Waals surface area (Å²) in [7, 11) is 0. The minimum atomic E-state index is -0.967. The highest BCUT2D eigenvalue weighted by Crippen LogP contribution is 2.14. The molecule has 1 unspecified atom stereocenters.